The van der Waals surface area contributed by atoms with Crippen LogP contribution in [0.5, 0.6) is 0 Å². The third kappa shape index (κ3) is 3.09. The predicted molar refractivity (Wildman–Crippen MR) is 70.8 cm³/mol. The second-order valence-electron chi connectivity index (χ2n) is 5.95. The first-order valence-electron chi connectivity index (χ1n) is 6.78. The van der Waals surface area contributed by atoms with Gasteiger partial charge in [0.05, 0.1) is 5.92 Å². The van der Waals surface area contributed by atoms with Gasteiger partial charge in [-0.25, -0.2) is 0 Å². The fraction of sp³-hybridized carbons (Fsp3) is 0.917. The summed E-state index contributed by atoms with van der Waals surface area (Å²) < 4.78 is 27.9. The van der Waals surface area contributed by atoms with E-state index in [1.165, 1.54) is 8.61 Å². The lowest BCUT2D eigenvalue weighted by atomic mass is 9.92. The summed E-state index contributed by atoms with van der Waals surface area (Å²) in [6.07, 6.45) is 1.43. The Bertz CT molecular complexity index is 451. The quantitative estimate of drug-likeness (QED) is 0.826. The topological polar surface area (TPSA) is 77.9 Å². The van der Waals surface area contributed by atoms with E-state index in [1.807, 2.05) is 13.8 Å². The first-order chi connectivity index (χ1) is 8.80. The maximum Gasteiger partial charge on any atom is 0.307 e. The number of carbonyl (C=O) groups is 1. The summed E-state index contributed by atoms with van der Waals surface area (Å²) in [7, 11) is -3.49. The summed E-state index contributed by atoms with van der Waals surface area (Å²) in [5.74, 6) is -1.02. The van der Waals surface area contributed by atoms with E-state index in [4.69, 9.17) is 5.11 Å². The molecule has 2 aliphatic rings. The molecule has 2 aliphatic heterocycles. The summed E-state index contributed by atoms with van der Waals surface area (Å²) in [5, 5.41) is 9.11. The molecule has 3 unspecified atom stereocenters. The Morgan fingerprint density at radius 2 is 1.74 bits per heavy atom. The molecule has 0 spiro atoms. The Hall–Kier alpha value is -0.660. The highest BCUT2D eigenvalue weighted by atomic mass is 32.2. The number of nitrogens with zero attached hydrogens (tertiary/aromatic N) is 2. The molecule has 0 aromatic heterocycles. The van der Waals surface area contributed by atoms with Crippen molar-refractivity contribution in [2.75, 3.05) is 26.2 Å². The summed E-state index contributed by atoms with van der Waals surface area (Å²) in [6.45, 7) is 5.57. The summed E-state index contributed by atoms with van der Waals surface area (Å²) in [6, 6.07) is 0. The largest absolute Gasteiger partial charge is 0.481 e. The van der Waals surface area contributed by atoms with Crippen LogP contribution in [0.1, 0.15) is 26.7 Å². The van der Waals surface area contributed by atoms with Crippen molar-refractivity contribution in [3.8, 4) is 0 Å². The Morgan fingerprint density at radius 1 is 1.11 bits per heavy atom. The van der Waals surface area contributed by atoms with Gasteiger partial charge < -0.3 is 5.11 Å². The molecule has 0 amide bonds. The SMILES string of the molecule is CC1CCN(S(=O)(=O)N2CC(C)CC(C(=O)O)C2)C1. The summed E-state index contributed by atoms with van der Waals surface area (Å²) in [4.78, 5) is 11.1. The van der Waals surface area contributed by atoms with Gasteiger partial charge >= 0.3 is 5.97 Å². The van der Waals surface area contributed by atoms with Crippen LogP contribution < -0.4 is 0 Å². The molecule has 2 fully saturated rings. The fourth-order valence-corrected chi connectivity index (χ4v) is 4.85. The monoisotopic (exact) mass is 290 g/mol. The van der Waals surface area contributed by atoms with Crippen LogP contribution in [-0.4, -0.2) is 54.3 Å². The Morgan fingerprint density at radius 3 is 2.26 bits per heavy atom. The van der Waals surface area contributed by atoms with Gasteiger partial charge in [-0.3, -0.25) is 4.79 Å². The predicted octanol–water partition coefficient (Wildman–Crippen LogP) is 0.616. The third-order valence-corrected chi connectivity index (χ3v) is 5.95. The van der Waals surface area contributed by atoms with E-state index < -0.39 is 22.1 Å². The van der Waals surface area contributed by atoms with E-state index in [2.05, 4.69) is 0 Å². The van der Waals surface area contributed by atoms with Crippen molar-refractivity contribution >= 4 is 16.2 Å². The van der Waals surface area contributed by atoms with Crippen LogP contribution in [-0.2, 0) is 15.0 Å². The molecule has 0 aliphatic carbocycles. The molecule has 2 rings (SSSR count). The molecule has 3 atom stereocenters. The summed E-state index contributed by atoms with van der Waals surface area (Å²) >= 11 is 0. The van der Waals surface area contributed by atoms with Crippen molar-refractivity contribution in [1.82, 2.24) is 8.61 Å². The van der Waals surface area contributed by atoms with Gasteiger partial charge in [0.25, 0.3) is 10.2 Å². The fourth-order valence-electron chi connectivity index (χ4n) is 2.94. The second kappa shape index (κ2) is 5.38. The van der Waals surface area contributed by atoms with Crippen LogP contribution in [0, 0.1) is 17.8 Å². The van der Waals surface area contributed by atoms with Gasteiger partial charge in [0.2, 0.25) is 0 Å². The first kappa shape index (κ1) is 14.7. The molecule has 2 saturated heterocycles. The number of hydrogen-bond donors (Lipinski definition) is 1. The highest BCUT2D eigenvalue weighted by Crippen LogP contribution is 2.27. The van der Waals surface area contributed by atoms with Crippen molar-refractivity contribution in [3.63, 3.8) is 0 Å². The molecule has 110 valence electrons. The van der Waals surface area contributed by atoms with Gasteiger partial charge in [0.15, 0.2) is 0 Å². The number of aliphatic carboxylic acids is 1. The van der Waals surface area contributed by atoms with E-state index in [-0.39, 0.29) is 12.5 Å². The zero-order chi connectivity index (χ0) is 14.2. The molecule has 0 bridgehead atoms. The van der Waals surface area contributed by atoms with Gasteiger partial charge in [-0.2, -0.15) is 17.0 Å². The normalized spacial score (nSPS) is 34.5. The minimum absolute atomic E-state index is 0.0876. The zero-order valence-electron chi connectivity index (χ0n) is 11.4. The van der Waals surface area contributed by atoms with Crippen molar-refractivity contribution in [2.24, 2.45) is 17.8 Å². The van der Waals surface area contributed by atoms with Gasteiger partial charge in [-0.1, -0.05) is 13.8 Å². The van der Waals surface area contributed by atoms with E-state index in [0.29, 0.717) is 32.0 Å². The van der Waals surface area contributed by atoms with E-state index >= 15 is 0 Å². The molecule has 0 aromatic rings. The van der Waals surface area contributed by atoms with Crippen LogP contribution in [0.15, 0.2) is 0 Å². The lowest BCUT2D eigenvalue weighted by molar-refractivity contribution is -0.143. The maximum atomic E-state index is 12.5. The first-order valence-corrected chi connectivity index (χ1v) is 8.18. The lowest BCUT2D eigenvalue weighted by Gasteiger charge is -2.35. The van der Waals surface area contributed by atoms with Crippen molar-refractivity contribution in [3.05, 3.63) is 0 Å². The minimum atomic E-state index is -3.49. The maximum absolute atomic E-state index is 12.5. The highest BCUT2D eigenvalue weighted by molar-refractivity contribution is 7.86. The Balaban J connectivity index is 2.13. The molecule has 19 heavy (non-hydrogen) atoms. The number of rotatable bonds is 3. The van der Waals surface area contributed by atoms with Gasteiger partial charge in [-0.15, -0.1) is 0 Å². The standard InChI is InChI=1S/C12H22N2O4S/c1-9-3-4-13(6-9)19(17,18)14-7-10(2)5-11(8-14)12(15)16/h9-11H,3-8H2,1-2H3,(H,15,16). The van der Waals surface area contributed by atoms with Crippen LogP contribution in [0.25, 0.3) is 0 Å². The van der Waals surface area contributed by atoms with Gasteiger partial charge in [0, 0.05) is 26.2 Å². The molecule has 1 N–H and O–H groups in total. The Kier molecular flexibility index (Phi) is 4.17. The van der Waals surface area contributed by atoms with E-state index in [9.17, 15) is 13.2 Å². The molecule has 2 heterocycles. The second-order valence-corrected chi connectivity index (χ2v) is 7.88. The minimum Gasteiger partial charge on any atom is -0.481 e. The van der Waals surface area contributed by atoms with Crippen molar-refractivity contribution in [2.45, 2.75) is 26.7 Å². The molecule has 0 saturated carbocycles. The molecular weight excluding hydrogens is 268 g/mol. The average molecular weight is 290 g/mol. The molecular formula is C12H22N2O4S. The molecule has 6 nitrogen and oxygen atoms in total. The molecule has 7 heteroatoms. The lowest BCUT2D eigenvalue weighted by Crippen LogP contribution is -2.50. The van der Waals surface area contributed by atoms with Crippen LogP contribution in [0.3, 0.4) is 0 Å². The van der Waals surface area contributed by atoms with Gasteiger partial charge in [0.1, 0.15) is 0 Å². The number of piperidine rings is 1. The van der Waals surface area contributed by atoms with E-state index in [0.717, 1.165) is 6.42 Å². The zero-order valence-corrected chi connectivity index (χ0v) is 12.3. The van der Waals surface area contributed by atoms with Crippen LogP contribution in [0.2, 0.25) is 0 Å². The smallest absolute Gasteiger partial charge is 0.307 e. The Labute approximate surface area is 114 Å². The average Bonchev–Trinajstić information content (AvgIpc) is 2.75. The van der Waals surface area contributed by atoms with Crippen LogP contribution >= 0.6 is 0 Å². The number of hydrogen-bond acceptors (Lipinski definition) is 3. The number of carboxylic acids is 1. The molecule has 0 radical (unpaired) electrons. The van der Waals surface area contributed by atoms with E-state index in [1.54, 1.807) is 0 Å². The van der Waals surface area contributed by atoms with Crippen molar-refractivity contribution in [1.29, 1.82) is 0 Å². The summed E-state index contributed by atoms with van der Waals surface area (Å²) in [5.41, 5.74) is 0. The van der Waals surface area contributed by atoms with Crippen molar-refractivity contribution < 1.29 is 18.3 Å². The van der Waals surface area contributed by atoms with Gasteiger partial charge in [-0.05, 0) is 24.7 Å². The molecule has 0 aromatic carbocycles. The van der Waals surface area contributed by atoms with Crippen LogP contribution in [0.4, 0.5) is 0 Å². The third-order valence-electron chi connectivity index (χ3n) is 4.01. The highest BCUT2D eigenvalue weighted by Gasteiger charge is 2.40. The number of carboxylic acid groups (broad SMARTS) is 1.